The molecule has 0 spiro atoms. The molecule has 1 N–H and O–H groups in total. The van der Waals surface area contributed by atoms with E-state index in [9.17, 15) is 9.59 Å². The van der Waals surface area contributed by atoms with Crippen LogP contribution in [-0.4, -0.2) is 31.5 Å². The number of furan rings is 1. The van der Waals surface area contributed by atoms with Crippen molar-refractivity contribution in [3.63, 3.8) is 0 Å². The highest BCUT2D eigenvalue weighted by molar-refractivity contribution is 6.07. The highest BCUT2D eigenvalue weighted by Crippen LogP contribution is 2.34. The molecule has 1 atom stereocenters. The van der Waals surface area contributed by atoms with Gasteiger partial charge in [-0.15, -0.1) is 0 Å². The first-order valence-electron chi connectivity index (χ1n) is 6.52. The lowest BCUT2D eigenvalue weighted by atomic mass is 10.1. The standard InChI is InChI=1S/C15H14N2O4/c1-16-14(18)13-8-17(15(19)10-6-7-20-9-10)11-4-2-3-5-12(11)21-13/h2-7,9,13H,8H2,1H3,(H,16,18)/t13-/m1/s1. The summed E-state index contributed by atoms with van der Waals surface area (Å²) in [5, 5.41) is 2.54. The van der Waals surface area contributed by atoms with Crippen molar-refractivity contribution < 1.29 is 18.7 Å². The quantitative estimate of drug-likeness (QED) is 0.906. The van der Waals surface area contributed by atoms with Gasteiger partial charge in [0.1, 0.15) is 12.0 Å². The Bertz CT molecular complexity index is 666. The number of carbonyl (C=O) groups excluding carboxylic acids is 2. The molecule has 0 saturated carbocycles. The summed E-state index contributed by atoms with van der Waals surface area (Å²) in [5.74, 6) is 0.0112. The van der Waals surface area contributed by atoms with Gasteiger partial charge in [-0.3, -0.25) is 9.59 Å². The van der Waals surface area contributed by atoms with E-state index in [1.807, 2.05) is 6.07 Å². The topological polar surface area (TPSA) is 71.8 Å². The van der Waals surface area contributed by atoms with Crippen molar-refractivity contribution in [1.82, 2.24) is 5.32 Å². The van der Waals surface area contributed by atoms with E-state index in [1.54, 1.807) is 24.3 Å². The van der Waals surface area contributed by atoms with E-state index in [4.69, 9.17) is 9.15 Å². The average molecular weight is 286 g/mol. The number of para-hydroxylation sites is 2. The van der Waals surface area contributed by atoms with E-state index < -0.39 is 6.10 Å². The smallest absolute Gasteiger partial charge is 0.262 e. The van der Waals surface area contributed by atoms with Crippen LogP contribution in [0.2, 0.25) is 0 Å². The number of fused-ring (bicyclic) bond motifs is 1. The van der Waals surface area contributed by atoms with E-state index in [2.05, 4.69) is 5.32 Å². The normalized spacial score (nSPS) is 16.8. The first-order chi connectivity index (χ1) is 10.2. The molecule has 0 aliphatic carbocycles. The van der Waals surface area contributed by atoms with Gasteiger partial charge in [0.05, 0.1) is 24.1 Å². The Kier molecular flexibility index (Phi) is 3.35. The van der Waals surface area contributed by atoms with Gasteiger partial charge >= 0.3 is 0 Å². The number of ether oxygens (including phenoxy) is 1. The molecule has 0 bridgehead atoms. The first kappa shape index (κ1) is 13.2. The Labute approximate surface area is 121 Å². The lowest BCUT2D eigenvalue weighted by Gasteiger charge is -2.33. The van der Waals surface area contributed by atoms with Crippen molar-refractivity contribution in [3.05, 3.63) is 48.4 Å². The van der Waals surface area contributed by atoms with Crippen molar-refractivity contribution in [3.8, 4) is 5.75 Å². The van der Waals surface area contributed by atoms with Gasteiger partial charge in [-0.25, -0.2) is 0 Å². The highest BCUT2D eigenvalue weighted by atomic mass is 16.5. The SMILES string of the molecule is CNC(=O)[C@H]1CN(C(=O)c2ccoc2)c2ccccc2O1. The molecule has 3 rings (SSSR count). The summed E-state index contributed by atoms with van der Waals surface area (Å²) < 4.78 is 10.6. The molecular weight excluding hydrogens is 272 g/mol. The number of hydrogen-bond acceptors (Lipinski definition) is 4. The summed E-state index contributed by atoms with van der Waals surface area (Å²) in [7, 11) is 1.54. The monoisotopic (exact) mass is 286 g/mol. The van der Waals surface area contributed by atoms with Gasteiger partial charge in [0.25, 0.3) is 11.8 Å². The minimum atomic E-state index is -0.735. The zero-order valence-electron chi connectivity index (χ0n) is 11.4. The molecule has 1 aliphatic rings. The first-order valence-corrected chi connectivity index (χ1v) is 6.52. The third-order valence-electron chi connectivity index (χ3n) is 3.33. The average Bonchev–Trinajstić information content (AvgIpc) is 3.06. The second-order valence-corrected chi connectivity index (χ2v) is 4.62. The van der Waals surface area contributed by atoms with E-state index >= 15 is 0 Å². The van der Waals surface area contributed by atoms with Gasteiger partial charge in [-0.1, -0.05) is 12.1 Å². The number of benzene rings is 1. The summed E-state index contributed by atoms with van der Waals surface area (Å²) in [6, 6.07) is 8.73. The van der Waals surface area contributed by atoms with Crippen LogP contribution in [0.4, 0.5) is 5.69 Å². The third-order valence-corrected chi connectivity index (χ3v) is 3.33. The molecule has 1 aliphatic heterocycles. The zero-order chi connectivity index (χ0) is 14.8. The molecule has 21 heavy (non-hydrogen) atoms. The van der Waals surface area contributed by atoms with Crippen molar-refractivity contribution in [2.24, 2.45) is 0 Å². The van der Waals surface area contributed by atoms with E-state index in [-0.39, 0.29) is 18.4 Å². The van der Waals surface area contributed by atoms with Crippen LogP contribution in [0, 0.1) is 0 Å². The molecule has 2 aromatic rings. The predicted molar refractivity (Wildman–Crippen MR) is 75.3 cm³/mol. The Hall–Kier alpha value is -2.76. The summed E-state index contributed by atoms with van der Waals surface area (Å²) in [5.41, 5.74) is 1.08. The molecule has 0 fully saturated rings. The Morgan fingerprint density at radius 1 is 1.29 bits per heavy atom. The van der Waals surface area contributed by atoms with Crippen LogP contribution in [0.15, 0.2) is 47.3 Å². The maximum absolute atomic E-state index is 12.6. The van der Waals surface area contributed by atoms with E-state index in [0.29, 0.717) is 17.0 Å². The summed E-state index contributed by atoms with van der Waals surface area (Å²) in [6.07, 6.45) is 2.09. The minimum Gasteiger partial charge on any atom is -0.477 e. The molecule has 6 nitrogen and oxygen atoms in total. The number of rotatable bonds is 2. The van der Waals surface area contributed by atoms with Crippen LogP contribution in [-0.2, 0) is 4.79 Å². The third kappa shape index (κ3) is 2.35. The van der Waals surface area contributed by atoms with Gasteiger partial charge in [0.15, 0.2) is 6.10 Å². The van der Waals surface area contributed by atoms with Crippen LogP contribution >= 0.6 is 0 Å². The van der Waals surface area contributed by atoms with Crippen LogP contribution in [0.25, 0.3) is 0 Å². The molecule has 6 heteroatoms. The zero-order valence-corrected chi connectivity index (χ0v) is 11.4. The van der Waals surface area contributed by atoms with Crippen molar-refractivity contribution >= 4 is 17.5 Å². The van der Waals surface area contributed by atoms with Crippen LogP contribution in [0.1, 0.15) is 10.4 Å². The largest absolute Gasteiger partial charge is 0.477 e. The Morgan fingerprint density at radius 2 is 2.10 bits per heavy atom. The molecule has 0 saturated heterocycles. The molecule has 1 aromatic carbocycles. The van der Waals surface area contributed by atoms with Crippen molar-refractivity contribution in [2.45, 2.75) is 6.10 Å². The second-order valence-electron chi connectivity index (χ2n) is 4.62. The number of carbonyl (C=O) groups is 2. The molecule has 1 aromatic heterocycles. The lowest BCUT2D eigenvalue weighted by Crippen LogP contribution is -2.50. The molecule has 0 radical (unpaired) electrons. The summed E-state index contributed by atoms with van der Waals surface area (Å²) in [4.78, 5) is 25.9. The van der Waals surface area contributed by atoms with Gasteiger partial charge in [-0.05, 0) is 18.2 Å². The predicted octanol–water partition coefficient (Wildman–Crippen LogP) is 1.43. The summed E-state index contributed by atoms with van der Waals surface area (Å²) >= 11 is 0. The van der Waals surface area contributed by atoms with Gasteiger partial charge < -0.3 is 19.4 Å². The van der Waals surface area contributed by atoms with Gasteiger partial charge in [-0.2, -0.15) is 0 Å². The number of likely N-dealkylation sites (N-methyl/N-ethyl adjacent to an activating group) is 1. The molecule has 2 heterocycles. The van der Waals surface area contributed by atoms with Crippen molar-refractivity contribution in [1.29, 1.82) is 0 Å². The van der Waals surface area contributed by atoms with Crippen LogP contribution in [0.3, 0.4) is 0 Å². The molecule has 0 unspecified atom stereocenters. The lowest BCUT2D eigenvalue weighted by molar-refractivity contribution is -0.127. The second kappa shape index (κ2) is 5.32. The van der Waals surface area contributed by atoms with E-state index in [1.165, 1.54) is 24.5 Å². The Morgan fingerprint density at radius 3 is 2.81 bits per heavy atom. The minimum absolute atomic E-state index is 0.153. The molecule has 108 valence electrons. The number of nitrogens with one attached hydrogen (secondary N) is 1. The molecular formula is C15H14N2O4. The van der Waals surface area contributed by atoms with Gasteiger partial charge in [0.2, 0.25) is 0 Å². The number of anilines is 1. The van der Waals surface area contributed by atoms with Gasteiger partial charge in [0, 0.05) is 7.05 Å². The molecule has 2 amide bonds. The van der Waals surface area contributed by atoms with Crippen LogP contribution in [0.5, 0.6) is 5.75 Å². The van der Waals surface area contributed by atoms with E-state index in [0.717, 1.165) is 0 Å². The fraction of sp³-hybridized carbons (Fsp3) is 0.200. The maximum atomic E-state index is 12.6. The summed E-state index contributed by atoms with van der Waals surface area (Å²) in [6.45, 7) is 0.153. The fourth-order valence-corrected chi connectivity index (χ4v) is 2.27. The number of amides is 2. The van der Waals surface area contributed by atoms with Crippen LogP contribution < -0.4 is 15.0 Å². The Balaban J connectivity index is 1.98. The number of nitrogens with zero attached hydrogens (tertiary/aromatic N) is 1. The maximum Gasteiger partial charge on any atom is 0.262 e. The van der Waals surface area contributed by atoms with Crippen molar-refractivity contribution in [2.75, 3.05) is 18.5 Å². The number of hydrogen-bond donors (Lipinski definition) is 1. The highest BCUT2D eigenvalue weighted by Gasteiger charge is 2.33. The fourth-order valence-electron chi connectivity index (χ4n) is 2.27.